The van der Waals surface area contributed by atoms with Crippen LogP contribution in [0.1, 0.15) is 10.4 Å². The molecule has 1 aromatic rings. The fourth-order valence-corrected chi connectivity index (χ4v) is 1.98. The number of carbonyl (C=O) groups is 1. The van der Waals surface area contributed by atoms with Crippen molar-refractivity contribution < 1.29 is 9.53 Å². The van der Waals surface area contributed by atoms with E-state index >= 15 is 0 Å². The van der Waals surface area contributed by atoms with Crippen LogP contribution in [-0.2, 0) is 16.1 Å². The van der Waals surface area contributed by atoms with Crippen LogP contribution in [0, 0.1) is 6.92 Å². The van der Waals surface area contributed by atoms with Crippen LogP contribution in [0.25, 0.3) is 0 Å². The lowest BCUT2D eigenvalue weighted by Gasteiger charge is -2.10. The quantitative estimate of drug-likeness (QED) is 0.836. The minimum atomic E-state index is -0.588. The average molecular weight is 265 g/mol. The molecule has 0 radical (unpaired) electrons. The SMILES string of the molecule is COCC(N)C(=O)NCc1sccc1C.Cl. The number of carbonyl (C=O) groups excluding carboxylic acids is 1. The van der Waals surface area contributed by atoms with Gasteiger partial charge in [0.15, 0.2) is 0 Å². The molecule has 4 nitrogen and oxygen atoms in total. The summed E-state index contributed by atoms with van der Waals surface area (Å²) in [6.45, 7) is 2.81. The Bertz CT molecular complexity index is 330. The van der Waals surface area contributed by atoms with E-state index in [4.69, 9.17) is 10.5 Å². The predicted molar refractivity (Wildman–Crippen MR) is 68.0 cm³/mol. The first-order valence-corrected chi connectivity index (χ1v) is 5.58. The van der Waals surface area contributed by atoms with E-state index in [9.17, 15) is 4.79 Å². The van der Waals surface area contributed by atoms with Gasteiger partial charge in [0.05, 0.1) is 13.2 Å². The van der Waals surface area contributed by atoms with Crippen molar-refractivity contribution in [1.82, 2.24) is 5.32 Å². The summed E-state index contributed by atoms with van der Waals surface area (Å²) < 4.78 is 4.80. The van der Waals surface area contributed by atoms with Gasteiger partial charge in [0.2, 0.25) is 5.91 Å². The molecule has 0 spiro atoms. The number of nitrogens with two attached hydrogens (primary N) is 1. The third-order valence-corrected chi connectivity index (χ3v) is 3.10. The molecule has 0 saturated carbocycles. The summed E-state index contributed by atoms with van der Waals surface area (Å²) in [6, 6.07) is 1.44. The fourth-order valence-electron chi connectivity index (χ4n) is 1.14. The Labute approximate surface area is 106 Å². The highest BCUT2D eigenvalue weighted by molar-refractivity contribution is 7.10. The second-order valence-corrected chi connectivity index (χ2v) is 4.31. The summed E-state index contributed by atoms with van der Waals surface area (Å²) in [7, 11) is 1.52. The van der Waals surface area contributed by atoms with E-state index in [2.05, 4.69) is 5.32 Å². The summed E-state index contributed by atoms with van der Waals surface area (Å²) in [5.74, 6) is -0.176. The minimum Gasteiger partial charge on any atom is -0.383 e. The van der Waals surface area contributed by atoms with Crippen LogP contribution >= 0.6 is 23.7 Å². The molecule has 16 heavy (non-hydrogen) atoms. The van der Waals surface area contributed by atoms with E-state index in [0.29, 0.717) is 6.54 Å². The Morgan fingerprint density at radius 2 is 2.38 bits per heavy atom. The zero-order chi connectivity index (χ0) is 11.3. The standard InChI is InChI=1S/C10H16N2O2S.ClH/c1-7-3-4-15-9(7)5-12-10(13)8(11)6-14-2;/h3-4,8H,5-6,11H2,1-2H3,(H,12,13);1H. The number of hydrogen-bond donors (Lipinski definition) is 2. The Hall–Kier alpha value is -0.620. The Morgan fingerprint density at radius 1 is 1.69 bits per heavy atom. The number of ether oxygens (including phenoxy) is 1. The molecule has 3 N–H and O–H groups in total. The first-order chi connectivity index (χ1) is 7.15. The first kappa shape index (κ1) is 15.4. The van der Waals surface area contributed by atoms with Gasteiger partial charge in [0.25, 0.3) is 0 Å². The molecular formula is C10H17ClN2O2S. The van der Waals surface area contributed by atoms with E-state index in [1.165, 1.54) is 12.7 Å². The second kappa shape index (κ2) is 7.62. The molecule has 1 amide bonds. The molecule has 0 fully saturated rings. The molecule has 1 rings (SSSR count). The van der Waals surface area contributed by atoms with Crippen molar-refractivity contribution in [3.63, 3.8) is 0 Å². The van der Waals surface area contributed by atoms with Crippen molar-refractivity contribution >= 4 is 29.7 Å². The van der Waals surface area contributed by atoms with E-state index < -0.39 is 6.04 Å². The van der Waals surface area contributed by atoms with Gasteiger partial charge in [-0.3, -0.25) is 4.79 Å². The van der Waals surface area contributed by atoms with Crippen LogP contribution < -0.4 is 11.1 Å². The monoisotopic (exact) mass is 264 g/mol. The maximum atomic E-state index is 11.4. The fraction of sp³-hybridized carbons (Fsp3) is 0.500. The van der Waals surface area contributed by atoms with E-state index in [-0.39, 0.29) is 24.9 Å². The number of methoxy groups -OCH3 is 1. The summed E-state index contributed by atoms with van der Waals surface area (Å²) in [6.07, 6.45) is 0. The van der Waals surface area contributed by atoms with Crippen molar-refractivity contribution in [3.05, 3.63) is 21.9 Å². The number of hydrogen-bond acceptors (Lipinski definition) is 4. The zero-order valence-corrected chi connectivity index (χ0v) is 11.0. The molecule has 0 aromatic carbocycles. The van der Waals surface area contributed by atoms with Gasteiger partial charge < -0.3 is 15.8 Å². The second-order valence-electron chi connectivity index (χ2n) is 3.31. The molecule has 6 heteroatoms. The number of aryl methyl sites for hydroxylation is 1. The maximum Gasteiger partial charge on any atom is 0.239 e. The Kier molecular flexibility index (Phi) is 7.33. The molecule has 0 bridgehead atoms. The lowest BCUT2D eigenvalue weighted by Crippen LogP contribution is -2.43. The van der Waals surface area contributed by atoms with Gasteiger partial charge >= 0.3 is 0 Å². The van der Waals surface area contributed by atoms with Crippen LogP contribution in [0.3, 0.4) is 0 Å². The molecule has 1 atom stereocenters. The first-order valence-electron chi connectivity index (χ1n) is 4.70. The van der Waals surface area contributed by atoms with Crippen LogP contribution in [0.2, 0.25) is 0 Å². The molecule has 0 saturated heterocycles. The molecule has 1 heterocycles. The molecule has 1 aromatic heterocycles. The highest BCUT2D eigenvalue weighted by atomic mass is 35.5. The van der Waals surface area contributed by atoms with Gasteiger partial charge in [0.1, 0.15) is 6.04 Å². The number of thiophene rings is 1. The Morgan fingerprint density at radius 3 is 2.88 bits per heavy atom. The van der Waals surface area contributed by atoms with Crippen molar-refractivity contribution in [2.75, 3.05) is 13.7 Å². The maximum absolute atomic E-state index is 11.4. The smallest absolute Gasteiger partial charge is 0.239 e. The van der Waals surface area contributed by atoms with E-state index in [1.807, 2.05) is 18.4 Å². The summed E-state index contributed by atoms with van der Waals surface area (Å²) >= 11 is 1.63. The van der Waals surface area contributed by atoms with Gasteiger partial charge in [-0.25, -0.2) is 0 Å². The summed E-state index contributed by atoms with van der Waals surface area (Å²) in [5.41, 5.74) is 6.77. The molecule has 0 aliphatic rings. The number of rotatable bonds is 5. The highest BCUT2D eigenvalue weighted by Gasteiger charge is 2.12. The van der Waals surface area contributed by atoms with Crippen LogP contribution in [0.5, 0.6) is 0 Å². The minimum absolute atomic E-state index is 0. The molecular weight excluding hydrogens is 248 g/mol. The van der Waals surface area contributed by atoms with Crippen molar-refractivity contribution in [1.29, 1.82) is 0 Å². The largest absolute Gasteiger partial charge is 0.383 e. The summed E-state index contributed by atoms with van der Waals surface area (Å²) in [4.78, 5) is 12.6. The summed E-state index contributed by atoms with van der Waals surface area (Å²) in [5, 5.41) is 4.78. The lowest BCUT2D eigenvalue weighted by molar-refractivity contribution is -0.123. The zero-order valence-electron chi connectivity index (χ0n) is 9.36. The van der Waals surface area contributed by atoms with Crippen molar-refractivity contribution in [2.45, 2.75) is 19.5 Å². The lowest BCUT2D eigenvalue weighted by atomic mass is 10.2. The highest BCUT2D eigenvalue weighted by Crippen LogP contribution is 2.14. The predicted octanol–water partition coefficient (Wildman–Crippen LogP) is 1.07. The normalized spacial score (nSPS) is 11.7. The molecule has 1 unspecified atom stereocenters. The van der Waals surface area contributed by atoms with Crippen LogP contribution in [-0.4, -0.2) is 25.7 Å². The van der Waals surface area contributed by atoms with Gasteiger partial charge in [-0.2, -0.15) is 0 Å². The number of halogens is 1. The van der Waals surface area contributed by atoms with Crippen molar-refractivity contribution in [3.8, 4) is 0 Å². The third-order valence-electron chi connectivity index (χ3n) is 2.07. The van der Waals surface area contributed by atoms with Crippen LogP contribution in [0.4, 0.5) is 0 Å². The molecule has 0 aliphatic carbocycles. The third kappa shape index (κ3) is 4.49. The topological polar surface area (TPSA) is 64.3 Å². The Balaban J connectivity index is 0.00000225. The van der Waals surface area contributed by atoms with Crippen LogP contribution in [0.15, 0.2) is 11.4 Å². The van der Waals surface area contributed by atoms with Gasteiger partial charge in [-0.15, -0.1) is 23.7 Å². The van der Waals surface area contributed by atoms with E-state index in [1.54, 1.807) is 11.3 Å². The van der Waals surface area contributed by atoms with Gasteiger partial charge in [0, 0.05) is 12.0 Å². The van der Waals surface area contributed by atoms with E-state index in [0.717, 1.165) is 4.88 Å². The molecule has 92 valence electrons. The van der Waals surface area contributed by atoms with Crippen molar-refractivity contribution in [2.24, 2.45) is 5.73 Å². The van der Waals surface area contributed by atoms with Gasteiger partial charge in [-0.1, -0.05) is 0 Å². The number of nitrogens with one attached hydrogen (secondary N) is 1. The molecule has 0 aliphatic heterocycles. The number of amides is 1. The van der Waals surface area contributed by atoms with Gasteiger partial charge in [-0.05, 0) is 23.9 Å². The average Bonchev–Trinajstić information content (AvgIpc) is 2.61.